The van der Waals surface area contributed by atoms with E-state index in [9.17, 15) is 9.59 Å². The van der Waals surface area contributed by atoms with Crippen LogP contribution in [0.25, 0.3) is 0 Å². The van der Waals surface area contributed by atoms with Gasteiger partial charge in [-0.1, -0.05) is 11.6 Å². The molecule has 0 aliphatic heterocycles. The molecule has 1 aliphatic rings. The topological polar surface area (TPSA) is 77.5 Å². The molecule has 0 radical (unpaired) electrons. The fraction of sp³-hybridized carbons (Fsp3) is 0.450. The Morgan fingerprint density at radius 1 is 1.32 bits per heavy atom. The van der Waals surface area contributed by atoms with Gasteiger partial charge in [0.05, 0.1) is 18.2 Å². The molecule has 0 spiro atoms. The number of carbonyl (C=O) groups excluding carboxylic acids is 2. The van der Waals surface area contributed by atoms with E-state index >= 15 is 0 Å². The molecule has 28 heavy (non-hydrogen) atoms. The van der Waals surface area contributed by atoms with Crippen molar-refractivity contribution < 1.29 is 19.1 Å². The zero-order chi connectivity index (χ0) is 20.3. The standard InChI is InChI=1S/C20H23ClN2O4S/c1-4-26-19(25)13-5-6-15-16(9-13)28-20(22-15)23-17(24)10-27-14-7-11(2)18(21)12(3)8-14/h7-8,13H,4-6,9-10H2,1-3H3,(H,22,23,24). The minimum Gasteiger partial charge on any atom is -0.484 e. The third-order valence-corrected chi connectivity index (χ3v) is 6.22. The number of halogens is 1. The number of hydrogen-bond acceptors (Lipinski definition) is 6. The number of esters is 1. The molecule has 0 saturated carbocycles. The number of nitrogens with zero attached hydrogens (tertiary/aromatic N) is 1. The van der Waals surface area contributed by atoms with Crippen LogP contribution in [0.3, 0.4) is 0 Å². The SMILES string of the molecule is CCOC(=O)C1CCc2nc(NC(=O)COc3cc(C)c(Cl)c(C)c3)sc2C1. The predicted molar refractivity (Wildman–Crippen MR) is 109 cm³/mol. The van der Waals surface area contributed by atoms with Gasteiger partial charge in [-0.2, -0.15) is 0 Å². The van der Waals surface area contributed by atoms with Crippen LogP contribution >= 0.6 is 22.9 Å². The largest absolute Gasteiger partial charge is 0.484 e. The van der Waals surface area contributed by atoms with Crippen LogP contribution in [0.15, 0.2) is 12.1 Å². The lowest BCUT2D eigenvalue weighted by atomic mass is 9.91. The van der Waals surface area contributed by atoms with E-state index in [1.165, 1.54) is 11.3 Å². The Morgan fingerprint density at radius 3 is 2.71 bits per heavy atom. The van der Waals surface area contributed by atoms with E-state index in [1.807, 2.05) is 13.8 Å². The molecule has 1 unspecified atom stereocenters. The average Bonchev–Trinajstić information content (AvgIpc) is 3.05. The number of nitrogens with one attached hydrogen (secondary N) is 1. The molecule has 3 rings (SSSR count). The number of hydrogen-bond donors (Lipinski definition) is 1. The summed E-state index contributed by atoms with van der Waals surface area (Å²) in [5, 5.41) is 4.01. The van der Waals surface area contributed by atoms with Gasteiger partial charge in [-0.25, -0.2) is 4.98 Å². The molecule has 1 amide bonds. The van der Waals surface area contributed by atoms with Gasteiger partial charge in [-0.05, 0) is 63.3 Å². The minimum absolute atomic E-state index is 0.115. The summed E-state index contributed by atoms with van der Waals surface area (Å²) < 4.78 is 10.7. The van der Waals surface area contributed by atoms with Crippen molar-refractivity contribution in [1.29, 1.82) is 0 Å². The molecule has 0 saturated heterocycles. The second kappa shape index (κ2) is 8.92. The molecule has 6 nitrogen and oxygen atoms in total. The van der Waals surface area contributed by atoms with Gasteiger partial charge in [0, 0.05) is 9.90 Å². The van der Waals surface area contributed by atoms with Gasteiger partial charge in [0.1, 0.15) is 5.75 Å². The van der Waals surface area contributed by atoms with Crippen molar-refractivity contribution in [2.75, 3.05) is 18.5 Å². The van der Waals surface area contributed by atoms with E-state index < -0.39 is 0 Å². The molecule has 8 heteroatoms. The first-order valence-electron chi connectivity index (χ1n) is 9.22. The number of aromatic nitrogens is 1. The summed E-state index contributed by atoms with van der Waals surface area (Å²) in [5.74, 6) is 0.0359. The van der Waals surface area contributed by atoms with Crippen LogP contribution in [0.5, 0.6) is 5.75 Å². The van der Waals surface area contributed by atoms with Crippen LogP contribution in [0.1, 0.15) is 35.0 Å². The third-order valence-electron chi connectivity index (χ3n) is 4.59. The summed E-state index contributed by atoms with van der Waals surface area (Å²) in [5.41, 5.74) is 2.76. The molecular weight excluding hydrogens is 400 g/mol. The highest BCUT2D eigenvalue weighted by molar-refractivity contribution is 7.15. The Kier molecular flexibility index (Phi) is 6.57. The van der Waals surface area contributed by atoms with Crippen LogP contribution < -0.4 is 10.1 Å². The second-order valence-corrected chi connectivity index (χ2v) is 8.25. The molecule has 1 aliphatic carbocycles. The Balaban J connectivity index is 1.56. The quantitative estimate of drug-likeness (QED) is 0.709. The second-order valence-electron chi connectivity index (χ2n) is 6.79. The number of thiazole rings is 1. The summed E-state index contributed by atoms with van der Waals surface area (Å²) >= 11 is 7.55. The third kappa shape index (κ3) is 4.83. The van der Waals surface area contributed by atoms with Crippen molar-refractivity contribution in [1.82, 2.24) is 4.98 Å². The Bertz CT molecular complexity index is 873. The molecule has 1 N–H and O–H groups in total. The first-order valence-corrected chi connectivity index (χ1v) is 10.4. The van der Waals surface area contributed by atoms with Gasteiger partial charge in [0.2, 0.25) is 0 Å². The number of fused-ring (bicyclic) bond motifs is 1. The van der Waals surface area contributed by atoms with E-state index in [1.54, 1.807) is 19.1 Å². The lowest BCUT2D eigenvalue weighted by Crippen LogP contribution is -2.24. The number of anilines is 1. The average molecular weight is 423 g/mol. The molecule has 0 fully saturated rings. The minimum atomic E-state index is -0.279. The highest BCUT2D eigenvalue weighted by atomic mass is 35.5. The highest BCUT2D eigenvalue weighted by Crippen LogP contribution is 2.33. The number of amides is 1. The van der Waals surface area contributed by atoms with E-state index in [0.717, 1.165) is 28.1 Å². The van der Waals surface area contributed by atoms with Gasteiger partial charge in [-0.3, -0.25) is 14.9 Å². The Morgan fingerprint density at radius 2 is 2.04 bits per heavy atom. The fourth-order valence-electron chi connectivity index (χ4n) is 3.18. The Labute approximate surface area is 173 Å². The molecule has 150 valence electrons. The maximum Gasteiger partial charge on any atom is 0.309 e. The van der Waals surface area contributed by atoms with E-state index in [4.69, 9.17) is 21.1 Å². The van der Waals surface area contributed by atoms with Crippen LogP contribution in [-0.2, 0) is 27.2 Å². The van der Waals surface area contributed by atoms with Crippen molar-refractivity contribution in [3.05, 3.63) is 38.9 Å². The summed E-state index contributed by atoms with van der Waals surface area (Å²) in [6.45, 7) is 5.87. The van der Waals surface area contributed by atoms with Crippen LogP contribution in [0, 0.1) is 19.8 Å². The van der Waals surface area contributed by atoms with E-state index in [2.05, 4.69) is 10.3 Å². The van der Waals surface area contributed by atoms with Gasteiger partial charge in [0.15, 0.2) is 11.7 Å². The molecule has 1 atom stereocenters. The van der Waals surface area contributed by atoms with Crippen LogP contribution in [0.2, 0.25) is 5.02 Å². The van der Waals surface area contributed by atoms with Crippen molar-refractivity contribution in [2.45, 2.75) is 40.0 Å². The fourth-order valence-corrected chi connectivity index (χ4v) is 4.40. The zero-order valence-corrected chi connectivity index (χ0v) is 17.7. The summed E-state index contributed by atoms with van der Waals surface area (Å²) in [6, 6.07) is 3.61. The van der Waals surface area contributed by atoms with E-state index in [-0.39, 0.29) is 24.4 Å². The molecule has 0 bridgehead atoms. The van der Waals surface area contributed by atoms with E-state index in [0.29, 0.717) is 35.4 Å². The summed E-state index contributed by atoms with van der Waals surface area (Å²) in [6.07, 6.45) is 2.05. The van der Waals surface area contributed by atoms with Gasteiger partial charge >= 0.3 is 5.97 Å². The molecule has 1 heterocycles. The molecule has 2 aromatic rings. The maximum atomic E-state index is 12.2. The number of rotatable bonds is 6. The maximum absolute atomic E-state index is 12.2. The first-order chi connectivity index (χ1) is 13.4. The van der Waals surface area contributed by atoms with Crippen molar-refractivity contribution in [3.63, 3.8) is 0 Å². The Hall–Kier alpha value is -2.12. The predicted octanol–water partition coefficient (Wildman–Crippen LogP) is 4.10. The number of aryl methyl sites for hydroxylation is 3. The smallest absolute Gasteiger partial charge is 0.309 e. The van der Waals surface area contributed by atoms with Gasteiger partial charge in [0.25, 0.3) is 5.91 Å². The highest BCUT2D eigenvalue weighted by Gasteiger charge is 2.28. The first kappa shape index (κ1) is 20.6. The molecular formula is C20H23ClN2O4S. The number of ether oxygens (including phenoxy) is 2. The van der Waals surface area contributed by atoms with Gasteiger partial charge < -0.3 is 9.47 Å². The zero-order valence-electron chi connectivity index (χ0n) is 16.1. The summed E-state index contributed by atoms with van der Waals surface area (Å²) in [7, 11) is 0. The lowest BCUT2D eigenvalue weighted by molar-refractivity contribution is -0.148. The summed E-state index contributed by atoms with van der Waals surface area (Å²) in [4.78, 5) is 29.7. The molecule has 1 aromatic heterocycles. The number of carbonyl (C=O) groups is 2. The van der Waals surface area contributed by atoms with Crippen molar-refractivity contribution in [3.8, 4) is 5.75 Å². The normalized spacial score (nSPS) is 15.6. The van der Waals surface area contributed by atoms with Crippen molar-refractivity contribution in [2.24, 2.45) is 5.92 Å². The lowest BCUT2D eigenvalue weighted by Gasteiger charge is -2.18. The van der Waals surface area contributed by atoms with Crippen molar-refractivity contribution >= 4 is 39.9 Å². The van der Waals surface area contributed by atoms with Crippen LogP contribution in [-0.4, -0.2) is 30.1 Å². The monoisotopic (exact) mass is 422 g/mol. The number of benzene rings is 1. The van der Waals surface area contributed by atoms with Gasteiger partial charge in [-0.15, -0.1) is 11.3 Å². The molecule has 1 aromatic carbocycles. The van der Waals surface area contributed by atoms with Crippen LogP contribution in [0.4, 0.5) is 5.13 Å².